The summed E-state index contributed by atoms with van der Waals surface area (Å²) in [5.74, 6) is 1.65. The van der Waals surface area contributed by atoms with E-state index in [-0.39, 0.29) is 0 Å². The smallest absolute Gasteiger partial charge is 0.118 e. The first-order valence-corrected chi connectivity index (χ1v) is 9.48. The summed E-state index contributed by atoms with van der Waals surface area (Å²) in [6, 6.07) is 17.6. The van der Waals surface area contributed by atoms with E-state index in [9.17, 15) is 0 Å². The van der Waals surface area contributed by atoms with Crippen molar-refractivity contribution in [2.45, 2.75) is 31.5 Å². The molecule has 4 heteroatoms. The zero-order valence-electron chi connectivity index (χ0n) is 14.6. The van der Waals surface area contributed by atoms with Gasteiger partial charge in [-0.05, 0) is 67.2 Å². The number of benzene rings is 2. The van der Waals surface area contributed by atoms with Gasteiger partial charge in [-0.15, -0.1) is 0 Å². The number of halogens is 1. The van der Waals surface area contributed by atoms with Crippen LogP contribution in [-0.2, 0) is 6.54 Å². The van der Waals surface area contributed by atoms with Crippen LogP contribution < -0.4 is 10.1 Å². The molecule has 3 nitrogen and oxygen atoms in total. The van der Waals surface area contributed by atoms with Gasteiger partial charge in [-0.25, -0.2) is 0 Å². The van der Waals surface area contributed by atoms with Gasteiger partial charge in [0.2, 0.25) is 0 Å². The number of nitrogens with zero attached hydrogens (tertiary/aromatic N) is 1. The van der Waals surface area contributed by atoms with Crippen LogP contribution in [0.1, 0.15) is 30.0 Å². The first-order chi connectivity index (χ1) is 12.2. The summed E-state index contributed by atoms with van der Waals surface area (Å²) in [4.78, 5) is 2.62. The summed E-state index contributed by atoms with van der Waals surface area (Å²) in [6.45, 7) is 3.28. The van der Waals surface area contributed by atoms with Crippen LogP contribution in [0, 0.1) is 5.92 Å². The highest BCUT2D eigenvalue weighted by molar-refractivity contribution is 6.30. The lowest BCUT2D eigenvalue weighted by molar-refractivity contribution is 0.0112. The van der Waals surface area contributed by atoms with Gasteiger partial charge in [-0.2, -0.15) is 0 Å². The van der Waals surface area contributed by atoms with E-state index in [1.54, 1.807) is 7.11 Å². The van der Waals surface area contributed by atoms with E-state index >= 15 is 0 Å². The monoisotopic (exact) mass is 356 g/mol. The SMILES string of the molecule is COc1ccc(CN[C@@H]2C3CCN(CC3)[C@@H]2c2cccc(Cl)c2)cc1. The maximum atomic E-state index is 6.26. The number of ether oxygens (including phenoxy) is 1. The van der Waals surface area contributed by atoms with Gasteiger partial charge in [0.15, 0.2) is 0 Å². The Hall–Kier alpha value is -1.55. The first-order valence-electron chi connectivity index (χ1n) is 9.10. The third-order valence-electron chi connectivity index (χ3n) is 5.71. The minimum Gasteiger partial charge on any atom is -0.497 e. The van der Waals surface area contributed by atoms with E-state index in [1.165, 1.54) is 37.1 Å². The lowest BCUT2D eigenvalue weighted by Gasteiger charge is -2.51. The Morgan fingerprint density at radius 2 is 1.88 bits per heavy atom. The molecule has 3 aliphatic heterocycles. The average Bonchev–Trinajstić information content (AvgIpc) is 2.67. The predicted octanol–water partition coefficient (Wildman–Crippen LogP) is 4.27. The van der Waals surface area contributed by atoms with Gasteiger partial charge >= 0.3 is 0 Å². The molecule has 3 saturated heterocycles. The molecule has 2 aromatic rings. The van der Waals surface area contributed by atoms with Crippen LogP contribution in [0.25, 0.3) is 0 Å². The van der Waals surface area contributed by atoms with E-state index in [1.807, 2.05) is 18.2 Å². The minimum absolute atomic E-state index is 0.421. The second kappa shape index (κ2) is 7.36. The molecule has 0 aliphatic carbocycles. The Bertz CT molecular complexity index is 710. The van der Waals surface area contributed by atoms with Gasteiger partial charge in [0.05, 0.1) is 13.2 Å². The Morgan fingerprint density at radius 1 is 1.12 bits per heavy atom. The second-order valence-electron chi connectivity index (χ2n) is 7.13. The molecule has 0 amide bonds. The number of piperidine rings is 3. The zero-order chi connectivity index (χ0) is 17.2. The summed E-state index contributed by atoms with van der Waals surface area (Å²) in [5, 5.41) is 4.68. The van der Waals surface area contributed by atoms with E-state index in [0.717, 1.165) is 23.2 Å². The van der Waals surface area contributed by atoms with Gasteiger partial charge in [-0.3, -0.25) is 4.90 Å². The predicted molar refractivity (Wildman–Crippen MR) is 102 cm³/mol. The third-order valence-corrected chi connectivity index (χ3v) is 5.94. The number of rotatable bonds is 5. The molecular formula is C21H25ClN2O. The maximum Gasteiger partial charge on any atom is 0.118 e. The van der Waals surface area contributed by atoms with E-state index in [2.05, 4.69) is 40.5 Å². The number of nitrogens with one attached hydrogen (secondary N) is 1. The fraction of sp³-hybridized carbons (Fsp3) is 0.429. The molecule has 3 aliphatic rings. The average molecular weight is 357 g/mol. The van der Waals surface area contributed by atoms with Gasteiger partial charge < -0.3 is 10.1 Å². The highest BCUT2D eigenvalue weighted by atomic mass is 35.5. The number of methoxy groups -OCH3 is 1. The van der Waals surface area contributed by atoms with Crippen LogP contribution in [0.15, 0.2) is 48.5 Å². The van der Waals surface area contributed by atoms with Crippen LogP contribution in [0.5, 0.6) is 5.75 Å². The second-order valence-corrected chi connectivity index (χ2v) is 7.56. The van der Waals surface area contributed by atoms with E-state index < -0.39 is 0 Å². The summed E-state index contributed by atoms with van der Waals surface area (Å²) < 4.78 is 5.25. The lowest BCUT2D eigenvalue weighted by atomic mass is 9.76. The summed E-state index contributed by atoms with van der Waals surface area (Å²) in [7, 11) is 1.70. The Labute approximate surface area is 154 Å². The molecule has 0 saturated carbocycles. The fourth-order valence-electron chi connectivity index (χ4n) is 4.41. The molecule has 0 radical (unpaired) electrons. The molecule has 1 N–H and O–H groups in total. The van der Waals surface area contributed by atoms with Crippen molar-refractivity contribution in [2.75, 3.05) is 20.2 Å². The van der Waals surface area contributed by atoms with Crippen molar-refractivity contribution < 1.29 is 4.74 Å². The summed E-state index contributed by atoms with van der Waals surface area (Å²) in [6.07, 6.45) is 2.58. The van der Waals surface area contributed by atoms with Crippen LogP contribution in [0.2, 0.25) is 5.02 Å². The van der Waals surface area contributed by atoms with Gasteiger partial charge in [-0.1, -0.05) is 35.9 Å². The molecule has 5 rings (SSSR count). The molecule has 25 heavy (non-hydrogen) atoms. The molecule has 2 atom stereocenters. The summed E-state index contributed by atoms with van der Waals surface area (Å²) in [5.41, 5.74) is 2.63. The normalized spacial score (nSPS) is 28.1. The van der Waals surface area contributed by atoms with Crippen LogP contribution in [-0.4, -0.2) is 31.1 Å². The Balaban J connectivity index is 1.52. The molecule has 0 spiro atoms. The maximum absolute atomic E-state index is 6.26. The van der Waals surface area contributed by atoms with Crippen molar-refractivity contribution in [1.29, 1.82) is 0 Å². The number of fused-ring (bicyclic) bond motifs is 3. The van der Waals surface area contributed by atoms with Crippen molar-refractivity contribution in [1.82, 2.24) is 10.2 Å². The van der Waals surface area contributed by atoms with Crippen LogP contribution in [0.4, 0.5) is 0 Å². The number of hydrogen-bond donors (Lipinski definition) is 1. The quantitative estimate of drug-likeness (QED) is 0.865. The van der Waals surface area contributed by atoms with Crippen molar-refractivity contribution in [3.8, 4) is 5.75 Å². The van der Waals surface area contributed by atoms with Gasteiger partial charge in [0.1, 0.15) is 5.75 Å². The summed E-state index contributed by atoms with van der Waals surface area (Å²) >= 11 is 6.26. The largest absolute Gasteiger partial charge is 0.497 e. The molecule has 2 bridgehead atoms. The molecule has 3 fully saturated rings. The highest BCUT2D eigenvalue weighted by Crippen LogP contribution is 2.41. The highest BCUT2D eigenvalue weighted by Gasteiger charge is 2.42. The van der Waals surface area contributed by atoms with Gasteiger partial charge in [0, 0.05) is 17.6 Å². The lowest BCUT2D eigenvalue weighted by Crippen LogP contribution is -2.57. The zero-order valence-corrected chi connectivity index (χ0v) is 15.4. The third kappa shape index (κ3) is 3.55. The molecular weight excluding hydrogens is 332 g/mol. The standard InChI is InChI=1S/C21H25ClN2O/c1-25-19-7-5-15(6-8-19)14-23-20-16-9-11-24(12-10-16)21(20)17-3-2-4-18(22)13-17/h2-8,13,16,20-21,23H,9-12,14H2,1H3/t20-,21-/m1/s1. The molecule has 2 aromatic carbocycles. The van der Waals surface area contributed by atoms with Crippen LogP contribution in [0.3, 0.4) is 0 Å². The Morgan fingerprint density at radius 3 is 2.56 bits per heavy atom. The molecule has 3 heterocycles. The Kier molecular flexibility index (Phi) is 4.98. The van der Waals surface area contributed by atoms with E-state index in [0.29, 0.717) is 12.1 Å². The topological polar surface area (TPSA) is 24.5 Å². The van der Waals surface area contributed by atoms with Gasteiger partial charge in [0.25, 0.3) is 0 Å². The van der Waals surface area contributed by atoms with Crippen molar-refractivity contribution in [3.63, 3.8) is 0 Å². The van der Waals surface area contributed by atoms with Crippen molar-refractivity contribution in [3.05, 3.63) is 64.7 Å². The number of hydrogen-bond acceptors (Lipinski definition) is 3. The molecule has 132 valence electrons. The van der Waals surface area contributed by atoms with E-state index in [4.69, 9.17) is 16.3 Å². The minimum atomic E-state index is 0.421. The first kappa shape index (κ1) is 16.9. The molecule has 0 unspecified atom stereocenters. The van der Waals surface area contributed by atoms with Crippen molar-refractivity contribution in [2.24, 2.45) is 5.92 Å². The fourth-order valence-corrected chi connectivity index (χ4v) is 4.61. The molecule has 0 aromatic heterocycles. The van der Waals surface area contributed by atoms with Crippen LogP contribution >= 0.6 is 11.6 Å². The van der Waals surface area contributed by atoms with Crippen molar-refractivity contribution >= 4 is 11.6 Å².